The van der Waals surface area contributed by atoms with Crippen molar-refractivity contribution in [2.75, 3.05) is 40.3 Å². The Morgan fingerprint density at radius 3 is 1.59 bits per heavy atom. The lowest BCUT2D eigenvalue weighted by Gasteiger charge is -2.44. The molecule has 0 N–H and O–H groups in total. The third-order valence-electron chi connectivity index (χ3n) is 5.31. The molecule has 0 aliphatic carbocycles. The molecule has 8 heteroatoms. The Morgan fingerprint density at radius 2 is 1.15 bits per heavy atom. The molecule has 0 aromatic carbocycles. The largest absolute Gasteiger partial charge is 0.154 e. The Hall–Kier alpha value is 2.80. The van der Waals surface area contributed by atoms with Gasteiger partial charge in [-0.2, -0.15) is 11.8 Å². The van der Waals surface area contributed by atoms with Crippen LogP contribution in [0.15, 0.2) is 0 Å². The summed E-state index contributed by atoms with van der Waals surface area (Å²) in [5.74, 6) is 9.64. The van der Waals surface area contributed by atoms with Crippen LogP contribution in [0.5, 0.6) is 0 Å². The molecule has 6 unspecified atom stereocenters. The van der Waals surface area contributed by atoms with E-state index in [9.17, 15) is 0 Å². The van der Waals surface area contributed by atoms with E-state index in [-0.39, 0.29) is 0 Å². The fourth-order valence-electron chi connectivity index (χ4n) is 3.55. The summed E-state index contributed by atoms with van der Waals surface area (Å²) >= 11 is 18.6. The molecule has 156 valence electrons. The molecule has 4 heterocycles. The Bertz CT molecular complexity index is 500. The molecular weight excluding hydrogens is 485 g/mol. The smallest absolute Gasteiger partial charge is 0.0831 e. The standard InChI is InChI=1S/C19H32S8/c1-4-7-21-17(11-24-17)14-10-20-15(18(12-25-18)22-8-5-2)16(27-14)19(13-26-19)23-9-6-3/h14-16H,4-13H2,1-3H3. The summed E-state index contributed by atoms with van der Waals surface area (Å²) in [6, 6.07) is 0. The van der Waals surface area contributed by atoms with Crippen LogP contribution in [0.3, 0.4) is 0 Å². The third kappa shape index (κ3) is 5.08. The van der Waals surface area contributed by atoms with Gasteiger partial charge in [0.1, 0.15) is 0 Å². The first kappa shape index (κ1) is 23.0. The molecule has 4 aliphatic rings. The lowest BCUT2D eigenvalue weighted by Crippen LogP contribution is -2.48. The molecule has 0 spiro atoms. The van der Waals surface area contributed by atoms with Gasteiger partial charge < -0.3 is 0 Å². The molecule has 4 rings (SSSR count). The zero-order valence-electron chi connectivity index (χ0n) is 16.6. The third-order valence-corrected chi connectivity index (χ3v) is 20.7. The first-order chi connectivity index (χ1) is 13.1. The summed E-state index contributed by atoms with van der Waals surface area (Å²) in [4.78, 5) is 0. The van der Waals surface area contributed by atoms with Gasteiger partial charge in [-0.05, 0) is 36.5 Å². The monoisotopic (exact) mass is 516 g/mol. The van der Waals surface area contributed by atoms with Crippen LogP contribution in [-0.4, -0.2) is 68.3 Å². The van der Waals surface area contributed by atoms with E-state index >= 15 is 0 Å². The van der Waals surface area contributed by atoms with E-state index in [4.69, 9.17) is 0 Å². The van der Waals surface area contributed by atoms with Crippen LogP contribution in [0.4, 0.5) is 0 Å². The van der Waals surface area contributed by atoms with Crippen molar-refractivity contribution >= 4 is 94.1 Å². The Labute approximate surface area is 200 Å². The van der Waals surface area contributed by atoms with Gasteiger partial charge in [0.05, 0.1) is 12.2 Å². The Balaban J connectivity index is 1.49. The van der Waals surface area contributed by atoms with Gasteiger partial charge in [-0.15, -0.1) is 82.3 Å². The predicted octanol–water partition coefficient (Wildman–Crippen LogP) is 7.33. The quantitative estimate of drug-likeness (QED) is 0.244. The van der Waals surface area contributed by atoms with E-state index in [1.54, 1.807) is 0 Å². The fourth-order valence-corrected chi connectivity index (χ4v) is 18.1. The van der Waals surface area contributed by atoms with Crippen LogP contribution >= 0.6 is 94.1 Å². The van der Waals surface area contributed by atoms with E-state index in [1.165, 1.54) is 59.5 Å². The van der Waals surface area contributed by atoms with E-state index in [0.29, 0.717) is 12.2 Å². The summed E-state index contributed by atoms with van der Waals surface area (Å²) in [6.07, 6.45) is 3.97. The molecule has 0 saturated carbocycles. The first-order valence-electron chi connectivity index (χ1n) is 10.2. The maximum Gasteiger partial charge on any atom is 0.0831 e. The minimum atomic E-state index is 0.538. The van der Waals surface area contributed by atoms with E-state index < -0.39 is 0 Å². The number of hydrogen-bond acceptors (Lipinski definition) is 8. The van der Waals surface area contributed by atoms with Crippen molar-refractivity contribution in [3.8, 4) is 0 Å². The van der Waals surface area contributed by atoms with Crippen LogP contribution < -0.4 is 0 Å². The summed E-state index contributed by atoms with van der Waals surface area (Å²) in [5.41, 5.74) is 0. The van der Waals surface area contributed by atoms with Crippen molar-refractivity contribution in [2.24, 2.45) is 0 Å². The highest BCUT2D eigenvalue weighted by Gasteiger charge is 2.66. The average molecular weight is 517 g/mol. The van der Waals surface area contributed by atoms with Crippen molar-refractivity contribution in [2.45, 2.75) is 68.0 Å². The van der Waals surface area contributed by atoms with Gasteiger partial charge in [0.25, 0.3) is 0 Å². The number of thioether (sulfide) groups is 8. The Kier molecular flexibility index (Phi) is 8.29. The van der Waals surface area contributed by atoms with Gasteiger partial charge in [-0.25, -0.2) is 0 Å². The molecule has 4 fully saturated rings. The van der Waals surface area contributed by atoms with Gasteiger partial charge >= 0.3 is 0 Å². The van der Waals surface area contributed by atoms with Crippen molar-refractivity contribution in [3.63, 3.8) is 0 Å². The average Bonchev–Trinajstić information content (AvgIpc) is 3.57. The highest BCUT2D eigenvalue weighted by Crippen LogP contribution is 2.72. The van der Waals surface area contributed by atoms with E-state index in [0.717, 1.165) is 15.7 Å². The molecule has 0 nitrogen and oxygen atoms in total. The summed E-state index contributed by atoms with van der Waals surface area (Å²) in [6.45, 7) is 7.04. The molecule has 27 heavy (non-hydrogen) atoms. The van der Waals surface area contributed by atoms with Crippen molar-refractivity contribution in [3.05, 3.63) is 0 Å². The fraction of sp³-hybridized carbons (Fsp3) is 1.00. The second-order valence-corrected chi connectivity index (χ2v) is 19.1. The molecular formula is C19H32S8. The lowest BCUT2D eigenvalue weighted by molar-refractivity contribution is 0.749. The van der Waals surface area contributed by atoms with E-state index in [2.05, 4.69) is 115 Å². The first-order valence-corrected chi connectivity index (χ1v) is 18.1. The maximum atomic E-state index is 2.45. The molecule has 6 atom stereocenters. The molecule has 0 aromatic rings. The van der Waals surface area contributed by atoms with E-state index in [1.807, 2.05) is 0 Å². The minimum absolute atomic E-state index is 0.538. The number of rotatable bonds is 12. The molecule has 0 aromatic heterocycles. The van der Waals surface area contributed by atoms with Crippen molar-refractivity contribution in [1.29, 1.82) is 0 Å². The van der Waals surface area contributed by atoms with Crippen LogP contribution in [-0.2, 0) is 0 Å². The van der Waals surface area contributed by atoms with Crippen LogP contribution in [0.1, 0.15) is 40.0 Å². The van der Waals surface area contributed by atoms with Gasteiger partial charge in [0, 0.05) is 38.8 Å². The van der Waals surface area contributed by atoms with Crippen LogP contribution in [0, 0.1) is 0 Å². The maximum absolute atomic E-state index is 2.45. The number of hydrogen-bond donors (Lipinski definition) is 0. The SMILES string of the molecule is CCCSC1(C2CSC(C3(SCCC)CS3)C(C3(SCCC)CS3)S2)CS1. The van der Waals surface area contributed by atoms with Crippen LogP contribution in [0.25, 0.3) is 0 Å². The highest BCUT2D eigenvalue weighted by molar-refractivity contribution is 8.28. The molecule has 0 amide bonds. The lowest BCUT2D eigenvalue weighted by atomic mass is 10.2. The van der Waals surface area contributed by atoms with Gasteiger partial charge in [0.15, 0.2) is 0 Å². The molecule has 0 radical (unpaired) electrons. The summed E-state index contributed by atoms with van der Waals surface area (Å²) in [7, 11) is 0. The zero-order chi connectivity index (χ0) is 19.0. The Morgan fingerprint density at radius 1 is 0.704 bits per heavy atom. The summed E-state index contributed by atoms with van der Waals surface area (Å²) < 4.78 is 1.65. The van der Waals surface area contributed by atoms with Gasteiger partial charge in [-0.3, -0.25) is 0 Å². The van der Waals surface area contributed by atoms with Crippen molar-refractivity contribution < 1.29 is 0 Å². The minimum Gasteiger partial charge on any atom is -0.154 e. The summed E-state index contributed by atoms with van der Waals surface area (Å²) in [5, 5.41) is 2.57. The normalized spacial score (nSPS) is 45.7. The van der Waals surface area contributed by atoms with Crippen LogP contribution in [0.2, 0.25) is 0 Å². The topological polar surface area (TPSA) is 0 Å². The molecule has 4 aliphatic heterocycles. The highest BCUT2D eigenvalue weighted by atomic mass is 32.2. The predicted molar refractivity (Wildman–Crippen MR) is 145 cm³/mol. The second kappa shape index (κ2) is 9.74. The van der Waals surface area contributed by atoms with Gasteiger partial charge in [0.2, 0.25) is 0 Å². The second-order valence-electron chi connectivity index (χ2n) is 7.65. The molecule has 4 saturated heterocycles. The van der Waals surface area contributed by atoms with Gasteiger partial charge in [-0.1, -0.05) is 20.8 Å². The zero-order valence-corrected chi connectivity index (χ0v) is 23.1. The van der Waals surface area contributed by atoms with Crippen molar-refractivity contribution in [1.82, 2.24) is 0 Å². The molecule has 0 bridgehead atoms.